The monoisotopic (exact) mass is 874 g/mol. The van der Waals surface area contributed by atoms with Crippen LogP contribution in [-0.2, 0) is 10.1 Å². The summed E-state index contributed by atoms with van der Waals surface area (Å²) in [6.45, 7) is 1.79. The van der Waals surface area contributed by atoms with Crippen molar-refractivity contribution in [3.05, 3.63) is 167 Å². The molecule has 0 aliphatic carbocycles. The minimum Gasteiger partial charge on any atom is -0.497 e. The molecule has 0 aliphatic rings. The van der Waals surface area contributed by atoms with Crippen LogP contribution < -0.4 is 18.9 Å². The fraction of sp³-hybridized carbons (Fsp3) is 0.0435. The first-order valence-corrected chi connectivity index (χ1v) is 19.2. The summed E-state index contributed by atoms with van der Waals surface area (Å²) in [5.74, 6) is -22.1. The van der Waals surface area contributed by atoms with Gasteiger partial charge < -0.3 is 18.9 Å². The highest BCUT2D eigenvalue weighted by Crippen LogP contribution is 2.45. The lowest BCUT2D eigenvalue weighted by molar-refractivity contribution is 0.356. The van der Waals surface area contributed by atoms with E-state index in [4.69, 9.17) is 25.4 Å². The maximum absolute atomic E-state index is 15.6. The van der Waals surface area contributed by atoms with Crippen molar-refractivity contribution in [1.29, 1.82) is 0 Å². The Morgan fingerprint density at radius 2 is 0.968 bits per heavy atom. The molecule has 0 bridgehead atoms. The zero-order valence-electron chi connectivity index (χ0n) is 31.8. The molecule has 0 unspecified atom stereocenters. The molecule has 0 atom stereocenters. The van der Waals surface area contributed by atoms with E-state index in [2.05, 4.69) is 5.92 Å². The Balaban J connectivity index is 1.20. The number of ether oxygens (including phenoxy) is 4. The average molecular weight is 875 g/mol. The van der Waals surface area contributed by atoms with Gasteiger partial charge in [0.15, 0.2) is 23.3 Å². The van der Waals surface area contributed by atoms with E-state index in [1.165, 1.54) is 31.4 Å². The summed E-state index contributed by atoms with van der Waals surface area (Å²) in [4.78, 5) is -1.21. The first-order valence-electron chi connectivity index (χ1n) is 17.8. The van der Waals surface area contributed by atoms with Gasteiger partial charge in [0.2, 0.25) is 34.8 Å². The maximum Gasteiger partial charge on any atom is 0.298 e. The van der Waals surface area contributed by atoms with Crippen LogP contribution in [-0.4, -0.2) is 20.1 Å². The van der Waals surface area contributed by atoms with Crippen LogP contribution in [0.3, 0.4) is 0 Å². The number of hydrogen-bond donors (Lipinski definition) is 1. The first kappa shape index (κ1) is 42.8. The lowest BCUT2D eigenvalue weighted by Crippen LogP contribution is -2.10. The third-order valence-electron chi connectivity index (χ3n) is 9.32. The van der Waals surface area contributed by atoms with E-state index in [1.807, 2.05) is 0 Å². The van der Waals surface area contributed by atoms with Gasteiger partial charge in [-0.25, -0.2) is 17.6 Å². The fourth-order valence-electron chi connectivity index (χ4n) is 6.24. The number of methoxy groups -OCH3 is 1. The molecular weight excluding hydrogens is 849 g/mol. The van der Waals surface area contributed by atoms with Crippen LogP contribution in [0.5, 0.6) is 40.2 Å². The van der Waals surface area contributed by atoms with Gasteiger partial charge in [-0.2, -0.15) is 26.0 Å². The van der Waals surface area contributed by atoms with Crippen molar-refractivity contribution in [2.45, 2.75) is 11.8 Å². The van der Waals surface area contributed by atoms with Crippen LogP contribution in [0.25, 0.3) is 33.4 Å². The quantitative estimate of drug-likeness (QED) is 0.0599. The summed E-state index contributed by atoms with van der Waals surface area (Å²) in [7, 11) is -3.89. The van der Waals surface area contributed by atoms with E-state index in [0.29, 0.717) is 45.7 Å². The molecule has 62 heavy (non-hydrogen) atoms. The van der Waals surface area contributed by atoms with Crippen molar-refractivity contribution >= 4 is 10.1 Å². The average Bonchev–Trinajstić information content (AvgIpc) is 3.27. The van der Waals surface area contributed by atoms with Gasteiger partial charge in [0, 0.05) is 17.2 Å². The number of rotatable bonds is 11. The number of aryl methyl sites for hydroxylation is 1. The van der Waals surface area contributed by atoms with Gasteiger partial charge in [0.25, 0.3) is 10.1 Å². The van der Waals surface area contributed by atoms with Crippen LogP contribution in [0.15, 0.2) is 114 Å². The molecule has 314 valence electrons. The SMILES string of the molecule is C#Cc1ccc(-c2cc(C)ccc2Oc2ccc(Oc3c(F)c(F)c(-c4c(F)c(F)c(Oc5ccc(-c6ccc(OC)cc6)cc5)c(F)c4F)c(F)c3F)c(S(=O)(=O)O)c2)cc1. The molecule has 0 spiro atoms. The Morgan fingerprint density at radius 1 is 0.516 bits per heavy atom. The Hall–Kier alpha value is -7.35. The van der Waals surface area contributed by atoms with Crippen molar-refractivity contribution in [1.82, 2.24) is 0 Å². The summed E-state index contributed by atoms with van der Waals surface area (Å²) < 4.78 is 180. The highest BCUT2D eigenvalue weighted by atomic mass is 32.2. The second-order valence-electron chi connectivity index (χ2n) is 13.3. The summed E-state index contributed by atoms with van der Waals surface area (Å²) in [6, 6.07) is 26.1. The zero-order valence-corrected chi connectivity index (χ0v) is 32.6. The number of benzene rings is 7. The van der Waals surface area contributed by atoms with Gasteiger partial charge in [0.05, 0.1) is 18.2 Å². The molecule has 0 fully saturated rings. The normalized spacial score (nSPS) is 11.3. The Morgan fingerprint density at radius 3 is 1.45 bits per heavy atom. The third kappa shape index (κ3) is 8.23. The molecular formula is C46H26F8O7S. The molecule has 0 amide bonds. The molecule has 16 heteroatoms. The highest BCUT2D eigenvalue weighted by molar-refractivity contribution is 7.86. The largest absolute Gasteiger partial charge is 0.497 e. The Bertz CT molecular complexity index is 2980. The van der Waals surface area contributed by atoms with Crippen molar-refractivity contribution in [2.75, 3.05) is 7.11 Å². The zero-order chi connectivity index (χ0) is 44.6. The molecule has 0 saturated carbocycles. The number of halogens is 8. The number of terminal acetylenes is 1. The molecule has 0 aromatic heterocycles. The number of hydrogen-bond acceptors (Lipinski definition) is 6. The van der Waals surface area contributed by atoms with Gasteiger partial charge >= 0.3 is 0 Å². The molecule has 0 saturated heterocycles. The lowest BCUT2D eigenvalue weighted by Gasteiger charge is -2.17. The van der Waals surface area contributed by atoms with Crippen molar-refractivity contribution < 1.29 is 67.0 Å². The van der Waals surface area contributed by atoms with Gasteiger partial charge in [0.1, 0.15) is 33.6 Å². The predicted octanol–water partition coefficient (Wildman–Crippen LogP) is 12.7. The second-order valence-corrected chi connectivity index (χ2v) is 14.7. The summed E-state index contributed by atoms with van der Waals surface area (Å²) in [5, 5.41) is 0. The van der Waals surface area contributed by atoms with E-state index >= 15 is 35.1 Å². The standard InChI is InChI=1S/C46H26F8O7S/c1-4-24-6-8-27(9-7-24)31-21-23(2)5-19-32(31)59-30-18-20-33(34(22-30)62(55,56)57)61-46-43(53)39(49)36(40(50)44(46)54)35-37(47)41(51)45(42(52)38(35)48)60-29-16-12-26(13-17-29)25-10-14-28(58-3)15-11-25/h1,5-22H,2-3H3,(H,55,56,57). The molecule has 0 aliphatic heterocycles. The molecule has 0 heterocycles. The van der Waals surface area contributed by atoms with Crippen LogP contribution in [0.2, 0.25) is 0 Å². The predicted molar refractivity (Wildman–Crippen MR) is 211 cm³/mol. The molecule has 0 radical (unpaired) electrons. The molecule has 1 N–H and O–H groups in total. The second kappa shape index (κ2) is 17.0. The van der Waals surface area contributed by atoms with Crippen molar-refractivity contribution in [2.24, 2.45) is 0 Å². The van der Waals surface area contributed by atoms with Gasteiger partial charge in [-0.1, -0.05) is 53.9 Å². The van der Waals surface area contributed by atoms with Gasteiger partial charge in [-0.05, 0) is 84.3 Å². The van der Waals surface area contributed by atoms with Crippen LogP contribution in [0.4, 0.5) is 35.1 Å². The maximum atomic E-state index is 15.6. The molecule has 7 aromatic rings. The Kier molecular flexibility index (Phi) is 11.7. The topological polar surface area (TPSA) is 91.3 Å². The van der Waals surface area contributed by atoms with Gasteiger partial charge in [-0.3, -0.25) is 4.55 Å². The van der Waals surface area contributed by atoms with E-state index in [-0.39, 0.29) is 17.2 Å². The van der Waals surface area contributed by atoms with Crippen LogP contribution >= 0.6 is 0 Å². The minimum absolute atomic E-state index is 0.169. The van der Waals surface area contributed by atoms with E-state index in [0.717, 1.165) is 11.6 Å². The summed E-state index contributed by atoms with van der Waals surface area (Å²) in [6.07, 6.45) is 5.44. The third-order valence-corrected chi connectivity index (χ3v) is 10.2. The summed E-state index contributed by atoms with van der Waals surface area (Å²) >= 11 is 0. The highest BCUT2D eigenvalue weighted by Gasteiger charge is 2.36. The van der Waals surface area contributed by atoms with E-state index in [1.54, 1.807) is 73.7 Å². The molecule has 7 rings (SSSR count). The van der Waals surface area contributed by atoms with E-state index in [9.17, 15) is 13.0 Å². The minimum atomic E-state index is -5.36. The smallest absolute Gasteiger partial charge is 0.298 e. The molecule has 7 nitrogen and oxygen atoms in total. The molecule has 7 aromatic carbocycles. The Labute approximate surface area is 348 Å². The van der Waals surface area contributed by atoms with Crippen LogP contribution in [0, 0.1) is 65.8 Å². The van der Waals surface area contributed by atoms with Gasteiger partial charge in [-0.15, -0.1) is 6.42 Å². The lowest BCUT2D eigenvalue weighted by atomic mass is 10.0. The first-order chi connectivity index (χ1) is 29.5. The van der Waals surface area contributed by atoms with Crippen molar-refractivity contribution in [3.63, 3.8) is 0 Å². The van der Waals surface area contributed by atoms with Crippen molar-refractivity contribution in [3.8, 4) is 86.0 Å². The van der Waals surface area contributed by atoms with Crippen LogP contribution in [0.1, 0.15) is 11.1 Å². The summed E-state index contributed by atoms with van der Waals surface area (Å²) in [5.41, 5.74) is -0.586. The van der Waals surface area contributed by atoms with E-state index < -0.39 is 89.9 Å². The fourth-order valence-corrected chi connectivity index (χ4v) is 6.87.